The van der Waals surface area contributed by atoms with E-state index in [0.717, 1.165) is 12.1 Å². The van der Waals surface area contributed by atoms with Crippen LogP contribution in [0.3, 0.4) is 0 Å². The van der Waals surface area contributed by atoms with E-state index in [1.54, 1.807) is 0 Å². The molecule has 0 amide bonds. The molecule has 0 bridgehead atoms. The zero-order chi connectivity index (χ0) is 18.1. The van der Waals surface area contributed by atoms with Crippen molar-refractivity contribution in [1.82, 2.24) is 4.31 Å². The minimum Gasteiger partial charge on any atom is -0.384 e. The lowest BCUT2D eigenvalue weighted by molar-refractivity contribution is -0.385. The zero-order valence-corrected chi connectivity index (χ0v) is 13.5. The molecule has 0 spiro atoms. The molecule has 1 N–H and O–H groups in total. The van der Waals surface area contributed by atoms with Crippen molar-refractivity contribution in [1.29, 1.82) is 0 Å². The highest BCUT2D eigenvalue weighted by Gasteiger charge is 2.37. The van der Waals surface area contributed by atoms with Crippen LogP contribution in [-0.4, -0.2) is 43.0 Å². The summed E-state index contributed by atoms with van der Waals surface area (Å²) < 4.78 is 63.5. The summed E-state index contributed by atoms with van der Waals surface area (Å²) in [6.45, 7) is 2.17. The highest BCUT2D eigenvalue weighted by molar-refractivity contribution is 7.89. The number of nitro benzene ring substituents is 1. The number of halogens is 3. The summed E-state index contributed by atoms with van der Waals surface area (Å²) in [5.41, 5.74) is -2.02. The van der Waals surface area contributed by atoms with E-state index >= 15 is 0 Å². The summed E-state index contributed by atoms with van der Waals surface area (Å²) in [4.78, 5) is 9.74. The van der Waals surface area contributed by atoms with Crippen molar-refractivity contribution in [2.24, 2.45) is 5.92 Å². The molecule has 7 nitrogen and oxygen atoms in total. The average molecular weight is 367 g/mol. The van der Waals surface area contributed by atoms with Crippen molar-refractivity contribution < 1.29 is 26.5 Å². The Hall–Kier alpha value is -1.88. The Balaban J connectivity index is 2.05. The largest absolute Gasteiger partial charge is 0.418 e. The van der Waals surface area contributed by atoms with Gasteiger partial charge in [0, 0.05) is 43.4 Å². The number of sulfonamides is 1. The maximum Gasteiger partial charge on any atom is 0.418 e. The van der Waals surface area contributed by atoms with Crippen LogP contribution >= 0.6 is 0 Å². The van der Waals surface area contributed by atoms with Gasteiger partial charge in [-0.25, -0.2) is 12.7 Å². The van der Waals surface area contributed by atoms with E-state index in [-0.39, 0.29) is 37.0 Å². The molecule has 0 aliphatic carbocycles. The SMILES string of the molecule is CCS(=O)(=O)N1CC(CNc2ccc([N+](=O)[O-])cc2C(F)(F)F)C1. The average Bonchev–Trinajstić information content (AvgIpc) is 2.44. The van der Waals surface area contributed by atoms with Crippen LogP contribution in [-0.2, 0) is 16.2 Å². The van der Waals surface area contributed by atoms with Gasteiger partial charge in [0.15, 0.2) is 0 Å². The molecule has 2 rings (SSSR count). The Morgan fingerprint density at radius 1 is 1.38 bits per heavy atom. The third-order valence-corrected chi connectivity index (χ3v) is 5.60. The number of benzene rings is 1. The van der Waals surface area contributed by atoms with Crippen LogP contribution in [0.2, 0.25) is 0 Å². The predicted molar refractivity (Wildman–Crippen MR) is 81.1 cm³/mol. The number of nitrogens with zero attached hydrogens (tertiary/aromatic N) is 2. The van der Waals surface area contributed by atoms with E-state index in [1.165, 1.54) is 11.2 Å². The maximum absolute atomic E-state index is 13.0. The molecule has 1 aliphatic rings. The van der Waals surface area contributed by atoms with E-state index < -0.39 is 32.4 Å². The van der Waals surface area contributed by atoms with E-state index in [4.69, 9.17) is 0 Å². The first-order valence-corrected chi connectivity index (χ1v) is 8.73. The lowest BCUT2D eigenvalue weighted by Gasteiger charge is -2.38. The lowest BCUT2D eigenvalue weighted by atomic mass is 10.0. The number of nitrogens with one attached hydrogen (secondary N) is 1. The molecule has 1 aromatic rings. The molecule has 24 heavy (non-hydrogen) atoms. The van der Waals surface area contributed by atoms with Gasteiger partial charge < -0.3 is 5.32 Å². The van der Waals surface area contributed by atoms with Gasteiger partial charge >= 0.3 is 6.18 Å². The van der Waals surface area contributed by atoms with Crippen LogP contribution in [0.15, 0.2) is 18.2 Å². The van der Waals surface area contributed by atoms with E-state index in [2.05, 4.69) is 5.32 Å². The van der Waals surface area contributed by atoms with Crippen LogP contribution in [0.25, 0.3) is 0 Å². The second-order valence-electron chi connectivity index (χ2n) is 5.45. The Bertz CT molecular complexity index is 730. The minimum absolute atomic E-state index is 0.0201. The van der Waals surface area contributed by atoms with Gasteiger partial charge in [-0.3, -0.25) is 10.1 Å². The van der Waals surface area contributed by atoms with Gasteiger partial charge in [-0.15, -0.1) is 0 Å². The monoisotopic (exact) mass is 367 g/mol. The lowest BCUT2D eigenvalue weighted by Crippen LogP contribution is -2.52. The highest BCUT2D eigenvalue weighted by atomic mass is 32.2. The summed E-state index contributed by atoms with van der Waals surface area (Å²) in [5.74, 6) is -0.129. The summed E-state index contributed by atoms with van der Waals surface area (Å²) >= 11 is 0. The molecule has 1 aromatic carbocycles. The van der Waals surface area contributed by atoms with Crippen LogP contribution in [0.1, 0.15) is 12.5 Å². The van der Waals surface area contributed by atoms with Crippen LogP contribution < -0.4 is 5.32 Å². The number of alkyl halides is 3. The molecular formula is C13H16F3N3O4S. The molecule has 11 heteroatoms. The zero-order valence-electron chi connectivity index (χ0n) is 12.7. The molecule has 0 radical (unpaired) electrons. The van der Waals surface area contributed by atoms with Gasteiger partial charge in [0.2, 0.25) is 10.0 Å². The van der Waals surface area contributed by atoms with Crippen LogP contribution in [0.5, 0.6) is 0 Å². The summed E-state index contributed by atoms with van der Waals surface area (Å²) in [6, 6.07) is 2.49. The van der Waals surface area contributed by atoms with Crippen molar-refractivity contribution in [2.75, 3.05) is 30.7 Å². The third-order valence-electron chi connectivity index (χ3n) is 3.78. The van der Waals surface area contributed by atoms with Crippen molar-refractivity contribution in [3.8, 4) is 0 Å². The molecular weight excluding hydrogens is 351 g/mol. The minimum atomic E-state index is -4.73. The van der Waals surface area contributed by atoms with Crippen molar-refractivity contribution in [3.05, 3.63) is 33.9 Å². The fourth-order valence-electron chi connectivity index (χ4n) is 2.35. The number of rotatable bonds is 6. The predicted octanol–water partition coefficient (Wildman–Crippen LogP) is 2.31. The Labute approximate surface area is 136 Å². The Morgan fingerprint density at radius 2 is 2.00 bits per heavy atom. The first-order valence-electron chi connectivity index (χ1n) is 7.12. The number of hydrogen-bond donors (Lipinski definition) is 1. The number of nitro groups is 1. The standard InChI is InChI=1S/C13H16F3N3O4S/c1-2-24(22,23)18-7-9(8-18)6-17-12-4-3-10(19(20)21)5-11(12)13(14,15)16/h3-5,9,17H,2,6-8H2,1H3. The molecule has 0 aromatic heterocycles. The van der Waals surface area contributed by atoms with E-state index in [0.29, 0.717) is 6.07 Å². The second kappa shape index (κ2) is 6.55. The van der Waals surface area contributed by atoms with Crippen LogP contribution in [0.4, 0.5) is 24.5 Å². The van der Waals surface area contributed by atoms with Crippen LogP contribution in [0, 0.1) is 16.0 Å². The highest BCUT2D eigenvalue weighted by Crippen LogP contribution is 2.37. The molecule has 0 atom stereocenters. The van der Waals surface area contributed by atoms with Gasteiger partial charge in [0.05, 0.1) is 16.2 Å². The smallest absolute Gasteiger partial charge is 0.384 e. The molecule has 134 valence electrons. The number of hydrogen-bond acceptors (Lipinski definition) is 5. The number of non-ortho nitro benzene ring substituents is 1. The fraction of sp³-hybridized carbons (Fsp3) is 0.538. The second-order valence-corrected chi connectivity index (χ2v) is 7.71. The van der Waals surface area contributed by atoms with Gasteiger partial charge in [-0.2, -0.15) is 13.2 Å². The first kappa shape index (κ1) is 18.5. The molecule has 1 heterocycles. The number of anilines is 1. The first-order chi connectivity index (χ1) is 11.0. The quantitative estimate of drug-likeness (QED) is 0.615. The maximum atomic E-state index is 13.0. The van der Waals surface area contributed by atoms with Crippen molar-refractivity contribution in [3.63, 3.8) is 0 Å². The molecule has 1 aliphatic heterocycles. The van der Waals surface area contributed by atoms with Crippen molar-refractivity contribution >= 4 is 21.4 Å². The fourth-order valence-corrected chi connectivity index (χ4v) is 3.59. The molecule has 1 saturated heterocycles. The Morgan fingerprint density at radius 3 is 2.50 bits per heavy atom. The molecule has 0 saturated carbocycles. The summed E-state index contributed by atoms with van der Waals surface area (Å²) in [5, 5.41) is 13.2. The topological polar surface area (TPSA) is 92.6 Å². The summed E-state index contributed by atoms with van der Waals surface area (Å²) in [7, 11) is -3.27. The molecule has 1 fully saturated rings. The van der Waals surface area contributed by atoms with Gasteiger partial charge in [0.1, 0.15) is 0 Å². The van der Waals surface area contributed by atoms with Gasteiger partial charge in [0.25, 0.3) is 5.69 Å². The van der Waals surface area contributed by atoms with E-state index in [9.17, 15) is 31.7 Å². The Kier molecular flexibility index (Phi) is 5.04. The normalized spacial score (nSPS) is 16.7. The third kappa shape index (κ3) is 3.96. The van der Waals surface area contributed by atoms with Crippen molar-refractivity contribution in [2.45, 2.75) is 13.1 Å². The van der Waals surface area contributed by atoms with Gasteiger partial charge in [-0.05, 0) is 13.0 Å². The van der Waals surface area contributed by atoms with E-state index in [1.807, 2.05) is 0 Å². The molecule has 0 unspecified atom stereocenters. The van der Waals surface area contributed by atoms with Gasteiger partial charge in [-0.1, -0.05) is 0 Å². The summed E-state index contributed by atoms with van der Waals surface area (Å²) in [6.07, 6.45) is -4.73.